The molecule has 0 unspecified atom stereocenters. The van der Waals surface area contributed by atoms with Crippen LogP contribution < -0.4 is 15.8 Å². The van der Waals surface area contributed by atoms with Crippen molar-refractivity contribution in [2.24, 2.45) is 0 Å². The highest BCUT2D eigenvalue weighted by Gasteiger charge is 2.16. The van der Waals surface area contributed by atoms with Crippen LogP contribution in [-0.4, -0.2) is 54.0 Å². The highest BCUT2D eigenvalue weighted by atomic mass is 16.1. The van der Waals surface area contributed by atoms with Gasteiger partial charge in [0.1, 0.15) is 5.82 Å². The minimum Gasteiger partial charge on any atom is -0.354 e. The van der Waals surface area contributed by atoms with Crippen molar-refractivity contribution in [1.82, 2.24) is 14.9 Å². The maximum Gasteiger partial charge on any atom is 0.256 e. The molecule has 3 aromatic rings. The van der Waals surface area contributed by atoms with Gasteiger partial charge in [0, 0.05) is 37.3 Å². The fourth-order valence-corrected chi connectivity index (χ4v) is 3.62. The predicted octanol–water partition coefficient (Wildman–Crippen LogP) is 2.16. The molecule has 0 radical (unpaired) electrons. The van der Waals surface area contributed by atoms with Crippen LogP contribution in [0.2, 0.25) is 0 Å². The van der Waals surface area contributed by atoms with Crippen molar-refractivity contribution >= 4 is 28.2 Å². The lowest BCUT2D eigenvalue weighted by molar-refractivity contribution is -0.115. The first kappa shape index (κ1) is 19.1. The molecule has 1 aliphatic heterocycles. The van der Waals surface area contributed by atoms with Gasteiger partial charge in [-0.15, -0.1) is 0 Å². The van der Waals surface area contributed by atoms with Crippen molar-refractivity contribution in [2.75, 3.05) is 43.4 Å². The van der Waals surface area contributed by atoms with Gasteiger partial charge < -0.3 is 20.1 Å². The van der Waals surface area contributed by atoms with E-state index in [1.165, 1.54) is 0 Å². The van der Waals surface area contributed by atoms with Crippen LogP contribution in [0.25, 0.3) is 10.8 Å². The number of hydrogen-bond acceptors (Lipinski definition) is 5. The Kier molecular flexibility index (Phi) is 5.31. The summed E-state index contributed by atoms with van der Waals surface area (Å²) in [4.78, 5) is 36.8. The van der Waals surface area contributed by atoms with E-state index in [2.05, 4.69) is 32.1 Å². The Bertz CT molecular complexity index is 1100. The molecule has 3 heterocycles. The van der Waals surface area contributed by atoms with E-state index in [0.717, 1.165) is 43.1 Å². The van der Waals surface area contributed by atoms with Crippen molar-refractivity contribution in [3.63, 3.8) is 0 Å². The molecule has 1 fully saturated rings. The fraction of sp³-hybridized carbons (Fsp3) is 0.318. The number of aromatic amines is 1. The number of H-pyrrole nitrogens is 1. The number of hydrogen-bond donors (Lipinski definition) is 2. The molecule has 0 spiro atoms. The van der Waals surface area contributed by atoms with Gasteiger partial charge >= 0.3 is 0 Å². The van der Waals surface area contributed by atoms with Crippen molar-refractivity contribution < 1.29 is 4.79 Å². The van der Waals surface area contributed by atoms with Gasteiger partial charge in [0.15, 0.2) is 0 Å². The molecule has 2 aromatic heterocycles. The molecule has 7 heteroatoms. The molecule has 1 aliphatic rings. The quantitative estimate of drug-likeness (QED) is 0.712. The molecule has 0 bridgehead atoms. The molecule has 4 rings (SSSR count). The van der Waals surface area contributed by atoms with Crippen molar-refractivity contribution in [2.45, 2.75) is 13.3 Å². The number of carbonyl (C=O) groups excluding carboxylic acids is 1. The maximum atomic E-state index is 12.5. The Morgan fingerprint density at radius 3 is 2.66 bits per heavy atom. The Labute approximate surface area is 169 Å². The zero-order valence-corrected chi connectivity index (χ0v) is 16.7. The van der Waals surface area contributed by atoms with Gasteiger partial charge in [0.25, 0.3) is 5.56 Å². The van der Waals surface area contributed by atoms with Gasteiger partial charge in [-0.3, -0.25) is 9.59 Å². The highest BCUT2D eigenvalue weighted by Crippen LogP contribution is 2.20. The topological polar surface area (TPSA) is 81.3 Å². The van der Waals surface area contributed by atoms with Crippen LogP contribution >= 0.6 is 0 Å². The number of carbonyl (C=O) groups is 1. The number of benzene rings is 1. The Morgan fingerprint density at radius 1 is 1.14 bits per heavy atom. The molecule has 29 heavy (non-hydrogen) atoms. The smallest absolute Gasteiger partial charge is 0.256 e. The SMILES string of the molecule is Cc1nc(N2CCN(C)CC2)ccc1NC(=O)Cc1cc2ccccc2c(=O)[nH]1. The first-order valence-electron chi connectivity index (χ1n) is 9.81. The summed E-state index contributed by atoms with van der Waals surface area (Å²) in [6.45, 7) is 5.83. The molecule has 0 atom stereocenters. The number of nitrogens with one attached hydrogen (secondary N) is 2. The van der Waals surface area contributed by atoms with Crippen LogP contribution in [0.3, 0.4) is 0 Å². The average Bonchev–Trinajstić information content (AvgIpc) is 2.70. The van der Waals surface area contributed by atoms with Gasteiger partial charge in [0.05, 0.1) is 17.8 Å². The second kappa shape index (κ2) is 8.05. The zero-order valence-electron chi connectivity index (χ0n) is 16.7. The van der Waals surface area contributed by atoms with E-state index in [4.69, 9.17) is 0 Å². The third-order valence-electron chi connectivity index (χ3n) is 5.33. The summed E-state index contributed by atoms with van der Waals surface area (Å²) in [6.07, 6.45) is 0.0969. The summed E-state index contributed by atoms with van der Waals surface area (Å²) in [5, 5.41) is 4.36. The van der Waals surface area contributed by atoms with Crippen LogP contribution in [0, 0.1) is 6.92 Å². The van der Waals surface area contributed by atoms with Crippen LogP contribution in [0.4, 0.5) is 11.5 Å². The average molecular weight is 391 g/mol. The number of amides is 1. The molecule has 0 aliphatic carbocycles. The normalized spacial score (nSPS) is 14.9. The number of anilines is 2. The third kappa shape index (κ3) is 4.30. The number of aromatic nitrogens is 2. The van der Waals surface area contributed by atoms with Crippen LogP contribution in [0.15, 0.2) is 47.3 Å². The minimum absolute atomic E-state index is 0.0969. The molecule has 1 amide bonds. The third-order valence-corrected chi connectivity index (χ3v) is 5.33. The van der Waals surface area contributed by atoms with E-state index < -0.39 is 0 Å². The monoisotopic (exact) mass is 391 g/mol. The molecule has 1 aromatic carbocycles. The van der Waals surface area contributed by atoms with Crippen molar-refractivity contribution in [3.8, 4) is 0 Å². The molecule has 7 nitrogen and oxygen atoms in total. The van der Waals surface area contributed by atoms with Crippen LogP contribution in [0.1, 0.15) is 11.4 Å². The van der Waals surface area contributed by atoms with Crippen LogP contribution in [0.5, 0.6) is 0 Å². The predicted molar refractivity (Wildman–Crippen MR) is 116 cm³/mol. The second-order valence-corrected chi connectivity index (χ2v) is 7.53. The molecular formula is C22H25N5O2. The summed E-state index contributed by atoms with van der Waals surface area (Å²) in [5.74, 6) is 0.751. The molecular weight excluding hydrogens is 366 g/mol. The summed E-state index contributed by atoms with van der Waals surface area (Å²) in [7, 11) is 2.12. The lowest BCUT2D eigenvalue weighted by Crippen LogP contribution is -2.44. The van der Waals surface area contributed by atoms with E-state index >= 15 is 0 Å². The van der Waals surface area contributed by atoms with Crippen molar-refractivity contribution in [3.05, 3.63) is 64.2 Å². The van der Waals surface area contributed by atoms with Gasteiger partial charge in [-0.05, 0) is 43.6 Å². The van der Waals surface area contributed by atoms with Gasteiger partial charge in [-0.2, -0.15) is 0 Å². The number of likely N-dealkylation sites (N-methyl/N-ethyl adjacent to an activating group) is 1. The lowest BCUT2D eigenvalue weighted by atomic mass is 10.1. The summed E-state index contributed by atoms with van der Waals surface area (Å²) in [5.41, 5.74) is 1.88. The number of aryl methyl sites for hydroxylation is 1. The number of fused-ring (bicyclic) bond motifs is 1. The summed E-state index contributed by atoms with van der Waals surface area (Å²) >= 11 is 0. The molecule has 150 valence electrons. The van der Waals surface area contributed by atoms with E-state index in [-0.39, 0.29) is 17.9 Å². The first-order chi connectivity index (χ1) is 14.0. The summed E-state index contributed by atoms with van der Waals surface area (Å²) < 4.78 is 0. The molecule has 0 saturated carbocycles. The number of nitrogens with zero attached hydrogens (tertiary/aromatic N) is 3. The fourth-order valence-electron chi connectivity index (χ4n) is 3.62. The number of rotatable bonds is 4. The molecule has 2 N–H and O–H groups in total. The standard InChI is InChI=1S/C22H25N5O2/c1-15-19(7-8-20(23-15)27-11-9-26(2)10-12-27)25-21(28)14-17-13-16-5-3-4-6-18(16)22(29)24-17/h3-8,13H,9-12,14H2,1-2H3,(H,24,29)(H,25,28). The summed E-state index contributed by atoms with van der Waals surface area (Å²) in [6, 6.07) is 13.0. The van der Waals surface area contributed by atoms with E-state index in [1.54, 1.807) is 6.07 Å². The lowest BCUT2D eigenvalue weighted by Gasteiger charge is -2.33. The van der Waals surface area contributed by atoms with E-state index in [0.29, 0.717) is 16.8 Å². The van der Waals surface area contributed by atoms with Crippen molar-refractivity contribution in [1.29, 1.82) is 0 Å². The minimum atomic E-state index is -0.187. The largest absolute Gasteiger partial charge is 0.354 e. The Balaban J connectivity index is 1.45. The maximum absolute atomic E-state index is 12.5. The Morgan fingerprint density at radius 2 is 1.90 bits per heavy atom. The van der Waals surface area contributed by atoms with Gasteiger partial charge in [-0.25, -0.2) is 4.98 Å². The Hall–Kier alpha value is -3.19. The van der Waals surface area contributed by atoms with E-state index in [9.17, 15) is 9.59 Å². The second-order valence-electron chi connectivity index (χ2n) is 7.53. The zero-order chi connectivity index (χ0) is 20.4. The van der Waals surface area contributed by atoms with Crippen LogP contribution in [-0.2, 0) is 11.2 Å². The number of pyridine rings is 2. The van der Waals surface area contributed by atoms with E-state index in [1.807, 2.05) is 43.3 Å². The molecule has 1 saturated heterocycles. The van der Waals surface area contributed by atoms with Gasteiger partial charge in [0.2, 0.25) is 5.91 Å². The number of piperazine rings is 1. The highest BCUT2D eigenvalue weighted by molar-refractivity contribution is 5.93. The van der Waals surface area contributed by atoms with Gasteiger partial charge in [-0.1, -0.05) is 18.2 Å². The first-order valence-corrected chi connectivity index (χ1v) is 9.81.